The molecule has 1 fully saturated rings. The Hall–Kier alpha value is -1.42. The normalized spacial score (nSPS) is 21.2. The van der Waals surface area contributed by atoms with Crippen molar-refractivity contribution in [3.8, 4) is 0 Å². The van der Waals surface area contributed by atoms with Gasteiger partial charge in [0.15, 0.2) is 0 Å². The van der Waals surface area contributed by atoms with E-state index in [-0.39, 0.29) is 11.8 Å². The Kier molecular flexibility index (Phi) is 3.74. The number of aryl methyl sites for hydroxylation is 1. The molecule has 2 aliphatic rings. The van der Waals surface area contributed by atoms with Gasteiger partial charge in [-0.3, -0.25) is 4.79 Å². The zero-order valence-corrected chi connectivity index (χ0v) is 11.5. The van der Waals surface area contributed by atoms with Crippen LogP contribution in [0.25, 0.3) is 0 Å². The van der Waals surface area contributed by atoms with Gasteiger partial charge in [0.05, 0.1) is 6.10 Å². The van der Waals surface area contributed by atoms with E-state index in [9.17, 15) is 14.3 Å². The maximum atomic E-state index is 14.2. The van der Waals surface area contributed by atoms with Gasteiger partial charge in [-0.15, -0.1) is 0 Å². The van der Waals surface area contributed by atoms with Crippen LogP contribution < -0.4 is 5.32 Å². The molecule has 108 valence electrons. The van der Waals surface area contributed by atoms with Crippen LogP contribution in [-0.4, -0.2) is 11.0 Å². The first-order valence-electron chi connectivity index (χ1n) is 7.45. The number of rotatable bonds is 2. The minimum absolute atomic E-state index is 0.0718. The summed E-state index contributed by atoms with van der Waals surface area (Å²) in [7, 11) is 0. The van der Waals surface area contributed by atoms with E-state index in [4.69, 9.17) is 0 Å². The number of halogens is 1. The van der Waals surface area contributed by atoms with Crippen molar-refractivity contribution < 1.29 is 14.3 Å². The van der Waals surface area contributed by atoms with E-state index in [0.29, 0.717) is 24.1 Å². The first-order chi connectivity index (χ1) is 9.65. The fraction of sp³-hybridized carbons (Fsp3) is 0.562. The Labute approximate surface area is 118 Å². The van der Waals surface area contributed by atoms with Crippen molar-refractivity contribution in [1.82, 2.24) is 0 Å². The highest BCUT2D eigenvalue weighted by atomic mass is 19.1. The molecule has 4 heteroatoms. The summed E-state index contributed by atoms with van der Waals surface area (Å²) in [4.78, 5) is 11.3. The number of aliphatic hydroxyl groups excluding tert-OH is 1. The Balaban J connectivity index is 1.87. The highest BCUT2D eigenvalue weighted by Gasteiger charge is 2.27. The van der Waals surface area contributed by atoms with Crippen molar-refractivity contribution in [1.29, 1.82) is 0 Å². The zero-order valence-electron chi connectivity index (χ0n) is 11.5. The molecule has 1 unspecified atom stereocenters. The molecule has 1 saturated carbocycles. The van der Waals surface area contributed by atoms with Gasteiger partial charge in [0, 0.05) is 17.7 Å². The Morgan fingerprint density at radius 3 is 2.70 bits per heavy atom. The van der Waals surface area contributed by atoms with Gasteiger partial charge < -0.3 is 10.4 Å². The van der Waals surface area contributed by atoms with Crippen molar-refractivity contribution >= 4 is 11.6 Å². The Morgan fingerprint density at radius 2 is 1.95 bits per heavy atom. The van der Waals surface area contributed by atoms with Crippen molar-refractivity contribution in [2.45, 2.75) is 51.0 Å². The van der Waals surface area contributed by atoms with Crippen LogP contribution in [0.3, 0.4) is 0 Å². The molecule has 0 aromatic heterocycles. The van der Waals surface area contributed by atoms with E-state index >= 15 is 0 Å². The summed E-state index contributed by atoms with van der Waals surface area (Å²) < 4.78 is 14.2. The summed E-state index contributed by atoms with van der Waals surface area (Å²) in [5.74, 6) is -0.323. The SMILES string of the molecule is O=C1CCc2cc(C(O)C3CCCCC3)c(F)cc2N1. The quantitative estimate of drug-likeness (QED) is 0.871. The molecule has 1 aromatic rings. The first kappa shape index (κ1) is 13.6. The van der Waals surface area contributed by atoms with Crippen molar-refractivity contribution in [2.24, 2.45) is 5.92 Å². The number of nitrogens with one attached hydrogen (secondary N) is 1. The van der Waals surface area contributed by atoms with Gasteiger partial charge in [0.2, 0.25) is 5.91 Å². The molecule has 3 rings (SSSR count). The molecule has 2 N–H and O–H groups in total. The average molecular weight is 277 g/mol. The van der Waals surface area contributed by atoms with Crippen LogP contribution in [-0.2, 0) is 11.2 Å². The molecular formula is C16H20FNO2. The lowest BCUT2D eigenvalue weighted by atomic mass is 9.82. The van der Waals surface area contributed by atoms with Gasteiger partial charge in [-0.1, -0.05) is 19.3 Å². The summed E-state index contributed by atoms with van der Waals surface area (Å²) in [6.07, 6.45) is 5.70. The summed E-state index contributed by atoms with van der Waals surface area (Å²) in [6, 6.07) is 3.09. The fourth-order valence-electron chi connectivity index (χ4n) is 3.35. The lowest BCUT2D eigenvalue weighted by Gasteiger charge is -2.28. The minimum atomic E-state index is -0.724. The molecule has 20 heavy (non-hydrogen) atoms. The van der Waals surface area contributed by atoms with Crippen LogP contribution in [0.5, 0.6) is 0 Å². The number of amides is 1. The van der Waals surface area contributed by atoms with Crippen LogP contribution in [0.15, 0.2) is 12.1 Å². The number of benzene rings is 1. The largest absolute Gasteiger partial charge is 0.388 e. The molecule has 1 aliphatic heterocycles. The third-order valence-electron chi connectivity index (χ3n) is 4.53. The second kappa shape index (κ2) is 5.52. The van der Waals surface area contributed by atoms with Gasteiger partial charge in [-0.25, -0.2) is 4.39 Å². The summed E-state index contributed by atoms with van der Waals surface area (Å²) in [5, 5.41) is 13.1. The maximum absolute atomic E-state index is 14.2. The number of carbonyl (C=O) groups excluding carboxylic acids is 1. The van der Waals surface area contributed by atoms with Gasteiger partial charge in [-0.05, 0) is 42.9 Å². The summed E-state index contributed by atoms with van der Waals surface area (Å²) in [6.45, 7) is 0. The number of fused-ring (bicyclic) bond motifs is 1. The number of hydrogen-bond acceptors (Lipinski definition) is 2. The monoisotopic (exact) mass is 277 g/mol. The predicted molar refractivity (Wildman–Crippen MR) is 74.9 cm³/mol. The smallest absolute Gasteiger partial charge is 0.224 e. The minimum Gasteiger partial charge on any atom is -0.388 e. The lowest BCUT2D eigenvalue weighted by molar-refractivity contribution is -0.116. The van der Waals surface area contributed by atoms with Gasteiger partial charge >= 0.3 is 0 Å². The van der Waals surface area contributed by atoms with E-state index in [1.54, 1.807) is 6.07 Å². The highest BCUT2D eigenvalue weighted by Crippen LogP contribution is 2.37. The van der Waals surface area contributed by atoms with Crippen molar-refractivity contribution in [2.75, 3.05) is 5.32 Å². The third-order valence-corrected chi connectivity index (χ3v) is 4.53. The molecular weight excluding hydrogens is 257 g/mol. The number of aliphatic hydroxyl groups is 1. The Morgan fingerprint density at radius 1 is 1.20 bits per heavy atom. The molecule has 1 heterocycles. The van der Waals surface area contributed by atoms with Crippen LogP contribution in [0.4, 0.5) is 10.1 Å². The summed E-state index contributed by atoms with van der Waals surface area (Å²) in [5.41, 5.74) is 1.88. The number of hydrogen-bond donors (Lipinski definition) is 2. The second-order valence-corrected chi connectivity index (χ2v) is 5.92. The standard InChI is InChI=1S/C16H20FNO2/c17-13-9-14-11(6-7-15(19)18-14)8-12(13)16(20)10-4-2-1-3-5-10/h8-10,16,20H,1-7H2,(H,18,19). The molecule has 0 saturated heterocycles. The van der Waals surface area contributed by atoms with Gasteiger partial charge in [-0.2, -0.15) is 0 Å². The van der Waals surface area contributed by atoms with E-state index in [2.05, 4.69) is 5.32 Å². The molecule has 0 radical (unpaired) electrons. The molecule has 1 aliphatic carbocycles. The van der Waals surface area contributed by atoms with Crippen LogP contribution in [0.1, 0.15) is 55.8 Å². The third kappa shape index (κ3) is 2.57. The topological polar surface area (TPSA) is 49.3 Å². The summed E-state index contributed by atoms with van der Waals surface area (Å²) >= 11 is 0. The first-order valence-corrected chi connectivity index (χ1v) is 7.45. The van der Waals surface area contributed by atoms with E-state index < -0.39 is 11.9 Å². The van der Waals surface area contributed by atoms with Gasteiger partial charge in [0.25, 0.3) is 0 Å². The van der Waals surface area contributed by atoms with Crippen LogP contribution in [0, 0.1) is 11.7 Å². The molecule has 3 nitrogen and oxygen atoms in total. The Bertz CT molecular complexity index is 523. The fourth-order valence-corrected chi connectivity index (χ4v) is 3.35. The van der Waals surface area contributed by atoms with Crippen LogP contribution in [0.2, 0.25) is 0 Å². The second-order valence-electron chi connectivity index (χ2n) is 5.92. The van der Waals surface area contributed by atoms with E-state index in [1.807, 2.05) is 0 Å². The molecule has 1 atom stereocenters. The lowest BCUT2D eigenvalue weighted by Crippen LogP contribution is -2.21. The highest BCUT2D eigenvalue weighted by molar-refractivity contribution is 5.93. The van der Waals surface area contributed by atoms with E-state index in [1.165, 1.54) is 12.5 Å². The average Bonchev–Trinajstić information content (AvgIpc) is 2.46. The molecule has 1 amide bonds. The van der Waals surface area contributed by atoms with Crippen LogP contribution >= 0.6 is 0 Å². The molecule has 0 spiro atoms. The zero-order chi connectivity index (χ0) is 14.1. The maximum Gasteiger partial charge on any atom is 0.224 e. The van der Waals surface area contributed by atoms with E-state index in [0.717, 1.165) is 31.2 Å². The van der Waals surface area contributed by atoms with Crippen molar-refractivity contribution in [3.63, 3.8) is 0 Å². The molecule has 0 bridgehead atoms. The molecule has 1 aromatic carbocycles. The van der Waals surface area contributed by atoms with Gasteiger partial charge in [0.1, 0.15) is 5.82 Å². The van der Waals surface area contributed by atoms with Crippen molar-refractivity contribution in [3.05, 3.63) is 29.1 Å². The number of anilines is 1. The predicted octanol–water partition coefficient (Wildman–Crippen LogP) is 3.32. The number of carbonyl (C=O) groups is 1.